The van der Waals surface area contributed by atoms with E-state index in [0.717, 1.165) is 5.56 Å². The molecular formula is C25H29N3O4. The van der Waals surface area contributed by atoms with Crippen molar-refractivity contribution in [2.45, 2.75) is 32.7 Å². The minimum atomic E-state index is -0.753. The SMILES string of the molecule is COc1ccc(C2=NN(C3CCN(C(=O)c4ccccc4)CC3)C(=O)C2(C)C)cc1OC. The summed E-state index contributed by atoms with van der Waals surface area (Å²) < 4.78 is 10.8. The molecule has 0 saturated carbocycles. The number of piperidine rings is 1. The zero-order valence-corrected chi connectivity index (χ0v) is 19.0. The molecule has 1 saturated heterocycles. The summed E-state index contributed by atoms with van der Waals surface area (Å²) in [5.74, 6) is 1.25. The molecule has 0 bridgehead atoms. The molecule has 0 radical (unpaired) electrons. The van der Waals surface area contributed by atoms with Crippen molar-refractivity contribution in [3.8, 4) is 11.5 Å². The number of rotatable bonds is 5. The van der Waals surface area contributed by atoms with Crippen molar-refractivity contribution in [1.82, 2.24) is 9.91 Å². The molecule has 0 N–H and O–H groups in total. The first-order chi connectivity index (χ1) is 15.4. The molecule has 2 aliphatic heterocycles. The topological polar surface area (TPSA) is 71.4 Å². The molecular weight excluding hydrogens is 406 g/mol. The van der Waals surface area contributed by atoms with Crippen LogP contribution in [0.25, 0.3) is 0 Å². The van der Waals surface area contributed by atoms with Gasteiger partial charge in [-0.2, -0.15) is 5.10 Å². The van der Waals surface area contributed by atoms with Crippen molar-refractivity contribution in [2.75, 3.05) is 27.3 Å². The van der Waals surface area contributed by atoms with E-state index in [4.69, 9.17) is 14.6 Å². The maximum atomic E-state index is 13.3. The lowest BCUT2D eigenvalue weighted by atomic mass is 9.83. The van der Waals surface area contributed by atoms with Gasteiger partial charge in [0.1, 0.15) is 0 Å². The Morgan fingerprint density at radius 1 is 1.00 bits per heavy atom. The van der Waals surface area contributed by atoms with Gasteiger partial charge < -0.3 is 14.4 Å². The molecule has 1 fully saturated rings. The van der Waals surface area contributed by atoms with Gasteiger partial charge in [0, 0.05) is 24.2 Å². The second kappa shape index (κ2) is 8.65. The van der Waals surface area contributed by atoms with E-state index in [0.29, 0.717) is 48.7 Å². The van der Waals surface area contributed by atoms with E-state index in [1.165, 1.54) is 0 Å². The molecule has 0 atom stereocenters. The standard InChI is InChI=1S/C25H29N3O4/c1-25(2)22(18-10-11-20(31-3)21(16-18)32-4)26-28(24(25)30)19-12-14-27(15-13-19)23(29)17-8-6-5-7-9-17/h5-11,16,19H,12-15H2,1-4H3. The van der Waals surface area contributed by atoms with E-state index in [1.54, 1.807) is 19.2 Å². The highest BCUT2D eigenvalue weighted by atomic mass is 16.5. The quantitative estimate of drug-likeness (QED) is 0.720. The van der Waals surface area contributed by atoms with Crippen LogP contribution in [0.3, 0.4) is 0 Å². The number of methoxy groups -OCH3 is 2. The second-order valence-electron chi connectivity index (χ2n) is 8.68. The molecule has 0 spiro atoms. The highest BCUT2D eigenvalue weighted by Gasteiger charge is 2.47. The lowest BCUT2D eigenvalue weighted by Crippen LogP contribution is -2.47. The first kappa shape index (κ1) is 21.9. The van der Waals surface area contributed by atoms with Gasteiger partial charge in [-0.3, -0.25) is 9.59 Å². The van der Waals surface area contributed by atoms with E-state index in [-0.39, 0.29) is 17.9 Å². The monoisotopic (exact) mass is 435 g/mol. The van der Waals surface area contributed by atoms with Crippen LogP contribution in [0.15, 0.2) is 53.6 Å². The Kier molecular flexibility index (Phi) is 5.91. The molecule has 4 rings (SSSR count). The largest absolute Gasteiger partial charge is 0.493 e. The third-order valence-electron chi connectivity index (χ3n) is 6.32. The summed E-state index contributed by atoms with van der Waals surface area (Å²) in [6, 6.07) is 14.9. The van der Waals surface area contributed by atoms with Crippen LogP contribution in [0, 0.1) is 5.41 Å². The molecule has 2 amide bonds. The Balaban J connectivity index is 1.52. The normalized spacial score (nSPS) is 18.5. The van der Waals surface area contributed by atoms with Crippen LogP contribution in [-0.4, -0.2) is 60.8 Å². The first-order valence-corrected chi connectivity index (χ1v) is 10.9. The third kappa shape index (κ3) is 3.83. The van der Waals surface area contributed by atoms with Gasteiger partial charge in [-0.15, -0.1) is 0 Å². The number of hydrogen-bond acceptors (Lipinski definition) is 5. The molecule has 2 heterocycles. The molecule has 0 aliphatic carbocycles. The fourth-order valence-corrected chi connectivity index (χ4v) is 4.39. The maximum absolute atomic E-state index is 13.3. The fourth-order valence-electron chi connectivity index (χ4n) is 4.39. The first-order valence-electron chi connectivity index (χ1n) is 10.9. The number of ether oxygens (including phenoxy) is 2. The zero-order valence-electron chi connectivity index (χ0n) is 19.0. The molecule has 0 aromatic heterocycles. The number of carbonyl (C=O) groups excluding carboxylic acids is 2. The number of likely N-dealkylation sites (tertiary alicyclic amines) is 1. The molecule has 168 valence electrons. The van der Waals surface area contributed by atoms with Crippen LogP contribution in [-0.2, 0) is 4.79 Å². The summed E-state index contributed by atoms with van der Waals surface area (Å²) >= 11 is 0. The van der Waals surface area contributed by atoms with Crippen LogP contribution < -0.4 is 9.47 Å². The van der Waals surface area contributed by atoms with Crippen molar-refractivity contribution in [3.05, 3.63) is 59.7 Å². The number of amides is 2. The molecule has 7 nitrogen and oxygen atoms in total. The second-order valence-corrected chi connectivity index (χ2v) is 8.68. The minimum Gasteiger partial charge on any atom is -0.493 e. The van der Waals surface area contributed by atoms with E-state index in [1.807, 2.05) is 67.3 Å². The van der Waals surface area contributed by atoms with Gasteiger partial charge in [-0.05, 0) is 57.0 Å². The average molecular weight is 436 g/mol. The molecule has 7 heteroatoms. The van der Waals surface area contributed by atoms with E-state index >= 15 is 0 Å². The summed E-state index contributed by atoms with van der Waals surface area (Å²) in [7, 11) is 3.18. The number of benzene rings is 2. The Morgan fingerprint density at radius 2 is 1.66 bits per heavy atom. The highest BCUT2D eigenvalue weighted by molar-refractivity contribution is 6.19. The smallest absolute Gasteiger partial charge is 0.254 e. The van der Waals surface area contributed by atoms with Crippen molar-refractivity contribution in [3.63, 3.8) is 0 Å². The molecule has 0 unspecified atom stereocenters. The molecule has 2 aromatic rings. The van der Waals surface area contributed by atoms with Crippen LogP contribution in [0.2, 0.25) is 0 Å². The lowest BCUT2D eigenvalue weighted by molar-refractivity contribution is -0.137. The number of hydrazone groups is 1. The van der Waals surface area contributed by atoms with Gasteiger partial charge in [-0.25, -0.2) is 5.01 Å². The van der Waals surface area contributed by atoms with Crippen molar-refractivity contribution in [1.29, 1.82) is 0 Å². The number of hydrogen-bond donors (Lipinski definition) is 0. The molecule has 2 aliphatic rings. The minimum absolute atomic E-state index is 0.0184. The van der Waals surface area contributed by atoms with E-state index < -0.39 is 5.41 Å². The Morgan fingerprint density at radius 3 is 2.28 bits per heavy atom. The third-order valence-corrected chi connectivity index (χ3v) is 6.32. The summed E-state index contributed by atoms with van der Waals surface area (Å²) in [5.41, 5.74) is 1.49. The Hall–Kier alpha value is -3.35. The van der Waals surface area contributed by atoms with Crippen LogP contribution >= 0.6 is 0 Å². The van der Waals surface area contributed by atoms with Gasteiger partial charge in [0.25, 0.3) is 11.8 Å². The molecule has 32 heavy (non-hydrogen) atoms. The summed E-state index contributed by atoms with van der Waals surface area (Å²) in [6.45, 7) is 5.01. The maximum Gasteiger partial charge on any atom is 0.254 e. The average Bonchev–Trinajstić information content (AvgIpc) is 3.07. The van der Waals surface area contributed by atoms with Gasteiger partial charge in [0.05, 0.1) is 31.4 Å². The van der Waals surface area contributed by atoms with Gasteiger partial charge in [-0.1, -0.05) is 18.2 Å². The Bertz CT molecular complexity index is 1040. The number of nitrogens with zero attached hydrogens (tertiary/aromatic N) is 3. The van der Waals surface area contributed by atoms with Gasteiger partial charge in [0.2, 0.25) is 0 Å². The van der Waals surface area contributed by atoms with Gasteiger partial charge in [0.15, 0.2) is 11.5 Å². The lowest BCUT2D eigenvalue weighted by Gasteiger charge is -2.35. The van der Waals surface area contributed by atoms with E-state index in [9.17, 15) is 9.59 Å². The number of carbonyl (C=O) groups is 2. The highest BCUT2D eigenvalue weighted by Crippen LogP contribution is 2.37. The fraction of sp³-hybridized carbons (Fsp3) is 0.400. The van der Waals surface area contributed by atoms with Crippen molar-refractivity contribution >= 4 is 17.5 Å². The summed E-state index contributed by atoms with van der Waals surface area (Å²) in [5, 5.41) is 6.41. The predicted octanol–water partition coefficient (Wildman–Crippen LogP) is 3.58. The Labute approximate surface area is 188 Å². The van der Waals surface area contributed by atoms with Crippen LogP contribution in [0.5, 0.6) is 11.5 Å². The van der Waals surface area contributed by atoms with Crippen molar-refractivity contribution < 1.29 is 19.1 Å². The zero-order chi connectivity index (χ0) is 22.9. The van der Waals surface area contributed by atoms with Crippen molar-refractivity contribution in [2.24, 2.45) is 10.5 Å². The van der Waals surface area contributed by atoms with Crippen LogP contribution in [0.1, 0.15) is 42.6 Å². The predicted molar refractivity (Wildman–Crippen MR) is 122 cm³/mol. The molecule has 2 aromatic carbocycles. The van der Waals surface area contributed by atoms with E-state index in [2.05, 4.69) is 0 Å². The summed E-state index contributed by atoms with van der Waals surface area (Å²) in [4.78, 5) is 27.9. The summed E-state index contributed by atoms with van der Waals surface area (Å²) in [6.07, 6.45) is 1.40. The van der Waals surface area contributed by atoms with Gasteiger partial charge >= 0.3 is 0 Å². The van der Waals surface area contributed by atoms with Crippen LogP contribution in [0.4, 0.5) is 0 Å².